The van der Waals surface area contributed by atoms with Crippen LogP contribution in [0.3, 0.4) is 0 Å². The van der Waals surface area contributed by atoms with Crippen molar-refractivity contribution >= 4 is 0 Å². The SMILES string of the molecule is CCCC(/C=C/CN)OC. The van der Waals surface area contributed by atoms with Crippen molar-refractivity contribution in [2.24, 2.45) is 5.73 Å². The van der Waals surface area contributed by atoms with Gasteiger partial charge in [-0.3, -0.25) is 0 Å². The smallest absolute Gasteiger partial charge is 0.0752 e. The largest absolute Gasteiger partial charge is 0.377 e. The van der Waals surface area contributed by atoms with Gasteiger partial charge in [0.2, 0.25) is 0 Å². The fourth-order valence-electron chi connectivity index (χ4n) is 0.808. The lowest BCUT2D eigenvalue weighted by atomic mass is 10.2. The molecule has 0 amide bonds. The maximum absolute atomic E-state index is 5.29. The van der Waals surface area contributed by atoms with E-state index in [0.717, 1.165) is 12.8 Å². The summed E-state index contributed by atoms with van der Waals surface area (Å²) in [5.74, 6) is 0. The summed E-state index contributed by atoms with van der Waals surface area (Å²) in [5.41, 5.74) is 5.29. The van der Waals surface area contributed by atoms with Gasteiger partial charge in [0.15, 0.2) is 0 Å². The van der Waals surface area contributed by atoms with Gasteiger partial charge < -0.3 is 10.5 Å². The van der Waals surface area contributed by atoms with E-state index in [4.69, 9.17) is 10.5 Å². The molecule has 0 bridgehead atoms. The van der Waals surface area contributed by atoms with E-state index in [0.29, 0.717) is 6.54 Å². The Balaban J connectivity index is 3.48. The first-order chi connectivity index (χ1) is 4.85. The van der Waals surface area contributed by atoms with Gasteiger partial charge in [0.25, 0.3) is 0 Å². The number of hydrogen-bond acceptors (Lipinski definition) is 2. The van der Waals surface area contributed by atoms with Crippen LogP contribution in [0.5, 0.6) is 0 Å². The monoisotopic (exact) mass is 143 g/mol. The van der Waals surface area contributed by atoms with Crippen LogP contribution in [0.15, 0.2) is 12.2 Å². The van der Waals surface area contributed by atoms with Crippen LogP contribution in [0.25, 0.3) is 0 Å². The zero-order chi connectivity index (χ0) is 7.82. The highest BCUT2D eigenvalue weighted by Gasteiger charge is 1.97. The van der Waals surface area contributed by atoms with Crippen molar-refractivity contribution in [1.29, 1.82) is 0 Å². The molecule has 1 unspecified atom stereocenters. The first-order valence-corrected chi connectivity index (χ1v) is 3.74. The standard InChI is InChI=1S/C8H17NO/c1-3-5-8(10-2)6-4-7-9/h4,6,8H,3,5,7,9H2,1-2H3/b6-4+. The van der Waals surface area contributed by atoms with Gasteiger partial charge in [0.05, 0.1) is 6.10 Å². The van der Waals surface area contributed by atoms with E-state index < -0.39 is 0 Å². The number of rotatable bonds is 5. The molecule has 0 heterocycles. The Labute approximate surface area is 63.1 Å². The second-order valence-electron chi connectivity index (χ2n) is 2.23. The molecule has 1 atom stereocenters. The first kappa shape index (κ1) is 9.66. The third-order valence-electron chi connectivity index (χ3n) is 1.36. The van der Waals surface area contributed by atoms with Crippen LogP contribution in [0, 0.1) is 0 Å². The van der Waals surface area contributed by atoms with E-state index in [9.17, 15) is 0 Å². The summed E-state index contributed by atoms with van der Waals surface area (Å²) in [5, 5.41) is 0. The molecule has 60 valence electrons. The molecule has 0 saturated carbocycles. The summed E-state index contributed by atoms with van der Waals surface area (Å²) < 4.78 is 5.15. The lowest BCUT2D eigenvalue weighted by molar-refractivity contribution is 0.133. The van der Waals surface area contributed by atoms with Crippen LogP contribution in [0.4, 0.5) is 0 Å². The first-order valence-electron chi connectivity index (χ1n) is 3.74. The van der Waals surface area contributed by atoms with Gasteiger partial charge >= 0.3 is 0 Å². The molecule has 0 spiro atoms. The van der Waals surface area contributed by atoms with Gasteiger partial charge in [-0.05, 0) is 6.42 Å². The molecule has 0 aliphatic rings. The normalized spacial score (nSPS) is 14.3. The van der Waals surface area contributed by atoms with E-state index in [1.165, 1.54) is 0 Å². The van der Waals surface area contributed by atoms with E-state index in [1.54, 1.807) is 7.11 Å². The van der Waals surface area contributed by atoms with Crippen LogP contribution < -0.4 is 5.73 Å². The topological polar surface area (TPSA) is 35.2 Å². The number of hydrogen-bond donors (Lipinski definition) is 1. The van der Waals surface area contributed by atoms with E-state index in [-0.39, 0.29) is 6.10 Å². The predicted octanol–water partition coefficient (Wildman–Crippen LogP) is 1.32. The molecule has 0 aliphatic carbocycles. The molecule has 0 aromatic rings. The highest BCUT2D eigenvalue weighted by molar-refractivity contribution is 4.89. The summed E-state index contributed by atoms with van der Waals surface area (Å²) in [7, 11) is 1.72. The van der Waals surface area contributed by atoms with Crippen molar-refractivity contribution < 1.29 is 4.74 Å². The number of methoxy groups -OCH3 is 1. The lowest BCUT2D eigenvalue weighted by Gasteiger charge is -2.07. The van der Waals surface area contributed by atoms with Crippen molar-refractivity contribution in [1.82, 2.24) is 0 Å². The van der Waals surface area contributed by atoms with E-state index >= 15 is 0 Å². The minimum absolute atomic E-state index is 0.258. The lowest BCUT2D eigenvalue weighted by Crippen LogP contribution is -2.06. The number of ether oxygens (including phenoxy) is 1. The molecule has 10 heavy (non-hydrogen) atoms. The Morgan fingerprint density at radius 1 is 1.60 bits per heavy atom. The van der Waals surface area contributed by atoms with Gasteiger partial charge in [-0.2, -0.15) is 0 Å². The fraction of sp³-hybridized carbons (Fsp3) is 0.750. The van der Waals surface area contributed by atoms with Gasteiger partial charge in [-0.25, -0.2) is 0 Å². The maximum atomic E-state index is 5.29. The highest BCUT2D eigenvalue weighted by Crippen LogP contribution is 2.01. The zero-order valence-corrected chi connectivity index (χ0v) is 6.84. The predicted molar refractivity (Wildman–Crippen MR) is 43.9 cm³/mol. The minimum atomic E-state index is 0.258. The third kappa shape index (κ3) is 4.53. The maximum Gasteiger partial charge on any atom is 0.0752 e. The van der Waals surface area contributed by atoms with Crippen LogP contribution in [0.1, 0.15) is 19.8 Å². The van der Waals surface area contributed by atoms with Crippen LogP contribution in [-0.2, 0) is 4.74 Å². The quantitative estimate of drug-likeness (QED) is 0.589. The van der Waals surface area contributed by atoms with Gasteiger partial charge in [-0.1, -0.05) is 25.5 Å². The number of nitrogens with two attached hydrogens (primary N) is 1. The van der Waals surface area contributed by atoms with Crippen LogP contribution >= 0.6 is 0 Å². The minimum Gasteiger partial charge on any atom is -0.377 e. The summed E-state index contributed by atoms with van der Waals surface area (Å²) in [4.78, 5) is 0. The summed E-state index contributed by atoms with van der Waals surface area (Å²) >= 11 is 0. The van der Waals surface area contributed by atoms with Gasteiger partial charge in [-0.15, -0.1) is 0 Å². The molecular formula is C8H17NO. The van der Waals surface area contributed by atoms with Crippen molar-refractivity contribution in [3.8, 4) is 0 Å². The Kier molecular flexibility index (Phi) is 6.55. The average molecular weight is 143 g/mol. The second-order valence-corrected chi connectivity index (χ2v) is 2.23. The third-order valence-corrected chi connectivity index (χ3v) is 1.36. The molecule has 0 radical (unpaired) electrons. The Hall–Kier alpha value is -0.340. The molecule has 0 aromatic heterocycles. The molecule has 0 aromatic carbocycles. The molecule has 0 saturated heterocycles. The molecule has 2 nitrogen and oxygen atoms in total. The summed E-state index contributed by atoms with van der Waals surface area (Å²) in [6, 6.07) is 0. The Morgan fingerprint density at radius 2 is 2.30 bits per heavy atom. The second kappa shape index (κ2) is 6.78. The average Bonchev–Trinajstić information content (AvgIpc) is 1.98. The zero-order valence-electron chi connectivity index (χ0n) is 6.84. The van der Waals surface area contributed by atoms with E-state index in [2.05, 4.69) is 6.92 Å². The molecular weight excluding hydrogens is 126 g/mol. The summed E-state index contributed by atoms with van der Waals surface area (Å²) in [6.45, 7) is 2.74. The van der Waals surface area contributed by atoms with Gasteiger partial charge in [0.1, 0.15) is 0 Å². The van der Waals surface area contributed by atoms with Gasteiger partial charge in [0, 0.05) is 13.7 Å². The van der Waals surface area contributed by atoms with Crippen LogP contribution in [-0.4, -0.2) is 19.8 Å². The Bertz CT molecular complexity index is 91.3. The van der Waals surface area contributed by atoms with Crippen LogP contribution in [0.2, 0.25) is 0 Å². The molecule has 0 aliphatic heterocycles. The van der Waals surface area contributed by atoms with E-state index in [1.807, 2.05) is 12.2 Å². The Morgan fingerprint density at radius 3 is 2.70 bits per heavy atom. The van der Waals surface area contributed by atoms with Crippen molar-refractivity contribution in [3.05, 3.63) is 12.2 Å². The fourth-order valence-corrected chi connectivity index (χ4v) is 0.808. The molecule has 0 rings (SSSR count). The van der Waals surface area contributed by atoms with Crippen molar-refractivity contribution in [3.63, 3.8) is 0 Å². The highest BCUT2D eigenvalue weighted by atomic mass is 16.5. The molecule has 2 N–H and O–H groups in total. The molecule has 0 fully saturated rings. The van der Waals surface area contributed by atoms with Crippen molar-refractivity contribution in [2.75, 3.05) is 13.7 Å². The molecule has 2 heteroatoms. The van der Waals surface area contributed by atoms with Crippen molar-refractivity contribution in [2.45, 2.75) is 25.9 Å². The summed E-state index contributed by atoms with van der Waals surface area (Å²) in [6.07, 6.45) is 6.43.